The number of hydrogen-bond acceptors (Lipinski definition) is 9. The number of non-ortho nitro benzene ring substituents is 1. The first-order valence-electron chi connectivity index (χ1n) is 12.5. The summed E-state index contributed by atoms with van der Waals surface area (Å²) in [6.07, 6.45) is 1.33. The van der Waals surface area contributed by atoms with Gasteiger partial charge in [0.25, 0.3) is 11.2 Å². The molecule has 0 radical (unpaired) electrons. The molecule has 0 aliphatic heterocycles. The zero-order valence-electron chi connectivity index (χ0n) is 22.7. The number of hydrogen-bond donors (Lipinski definition) is 0. The fraction of sp³-hybridized carbons (Fsp3) is 0.250. The molecule has 0 bridgehead atoms. The molecule has 0 amide bonds. The third-order valence-corrected chi connectivity index (χ3v) is 6.38. The lowest BCUT2D eigenvalue weighted by molar-refractivity contribution is -0.386. The molecule has 0 aliphatic rings. The maximum absolute atomic E-state index is 13.4. The van der Waals surface area contributed by atoms with E-state index in [9.17, 15) is 25.0 Å². The highest BCUT2D eigenvalue weighted by atomic mass is 79.9. The predicted molar refractivity (Wildman–Crippen MR) is 157 cm³/mol. The minimum atomic E-state index is -0.604. The Bertz CT molecular complexity index is 1730. The molecular formula is C28H26BrN5O7. The Balaban J connectivity index is 1.76. The second-order valence-electron chi connectivity index (χ2n) is 9.98. The van der Waals surface area contributed by atoms with Gasteiger partial charge in [0.05, 0.1) is 33.6 Å². The van der Waals surface area contributed by atoms with Gasteiger partial charge in [-0.15, -0.1) is 0 Å². The van der Waals surface area contributed by atoms with Crippen LogP contribution in [-0.4, -0.2) is 32.3 Å². The van der Waals surface area contributed by atoms with Crippen molar-refractivity contribution in [2.45, 2.75) is 39.7 Å². The summed E-state index contributed by atoms with van der Waals surface area (Å²) in [6.45, 7) is 7.54. The molecule has 0 spiro atoms. The average Bonchev–Trinajstić information content (AvgIpc) is 2.91. The molecule has 212 valence electrons. The quantitative estimate of drug-likeness (QED) is 0.122. The fourth-order valence-corrected chi connectivity index (χ4v) is 4.32. The monoisotopic (exact) mass is 623 g/mol. The van der Waals surface area contributed by atoms with Gasteiger partial charge in [-0.3, -0.25) is 25.0 Å². The van der Waals surface area contributed by atoms with Gasteiger partial charge in [0, 0.05) is 33.7 Å². The van der Waals surface area contributed by atoms with Crippen LogP contribution in [0.1, 0.15) is 44.6 Å². The van der Waals surface area contributed by atoms with Crippen LogP contribution in [0.4, 0.5) is 11.4 Å². The maximum atomic E-state index is 13.4. The van der Waals surface area contributed by atoms with Crippen LogP contribution in [0.3, 0.4) is 0 Å². The SMILES string of the molecule is CCOc1cc(C=Nn2c(C(C)(C)C)nc3ccc(Br)cc3c2=O)cc([N+](=O)[O-])c1OCc1ccc([N+](=O)[O-])cc1. The predicted octanol–water partition coefficient (Wildman–Crippen LogP) is 6.13. The lowest BCUT2D eigenvalue weighted by Gasteiger charge is -2.21. The van der Waals surface area contributed by atoms with Gasteiger partial charge in [0.2, 0.25) is 5.75 Å². The third kappa shape index (κ3) is 6.57. The number of rotatable bonds is 9. The second kappa shape index (κ2) is 11.8. The molecule has 1 heterocycles. The van der Waals surface area contributed by atoms with Crippen molar-refractivity contribution in [3.8, 4) is 11.5 Å². The fourth-order valence-electron chi connectivity index (χ4n) is 3.96. The standard InChI is InChI=1S/C28H26BrN5O7/c1-5-40-24-13-18(12-23(34(38)39)25(24)41-16-17-6-9-20(10-7-17)33(36)37)15-30-32-26(35)21-14-19(29)8-11-22(21)31-27(32)28(2,3)4/h6-15H,5,16H2,1-4H3. The number of fused-ring (bicyclic) bond motifs is 1. The highest BCUT2D eigenvalue weighted by Crippen LogP contribution is 2.39. The summed E-state index contributed by atoms with van der Waals surface area (Å²) in [5.41, 5.74) is 0.00463. The molecule has 0 N–H and O–H groups in total. The number of halogens is 1. The zero-order chi connectivity index (χ0) is 29.9. The minimum Gasteiger partial charge on any atom is -0.490 e. The molecular weight excluding hydrogens is 598 g/mol. The van der Waals surface area contributed by atoms with Crippen molar-refractivity contribution in [2.24, 2.45) is 5.10 Å². The van der Waals surface area contributed by atoms with Gasteiger partial charge in [-0.25, -0.2) is 4.98 Å². The molecule has 4 rings (SSSR count). The van der Waals surface area contributed by atoms with E-state index in [1.807, 2.05) is 20.8 Å². The topological polar surface area (TPSA) is 152 Å². The van der Waals surface area contributed by atoms with Crippen molar-refractivity contribution in [1.82, 2.24) is 9.66 Å². The van der Waals surface area contributed by atoms with Gasteiger partial charge in [0.15, 0.2) is 5.75 Å². The van der Waals surface area contributed by atoms with Gasteiger partial charge in [0.1, 0.15) is 12.4 Å². The molecule has 4 aromatic rings. The summed E-state index contributed by atoms with van der Waals surface area (Å²) in [7, 11) is 0. The maximum Gasteiger partial charge on any atom is 0.315 e. The molecule has 0 saturated heterocycles. The molecule has 1 aromatic heterocycles. The van der Waals surface area contributed by atoms with E-state index >= 15 is 0 Å². The number of benzene rings is 3. The van der Waals surface area contributed by atoms with E-state index in [-0.39, 0.29) is 41.6 Å². The number of ether oxygens (including phenoxy) is 2. The smallest absolute Gasteiger partial charge is 0.315 e. The van der Waals surface area contributed by atoms with Crippen molar-refractivity contribution in [2.75, 3.05) is 6.61 Å². The molecule has 41 heavy (non-hydrogen) atoms. The van der Waals surface area contributed by atoms with Crippen LogP contribution in [-0.2, 0) is 12.0 Å². The summed E-state index contributed by atoms with van der Waals surface area (Å²) >= 11 is 3.38. The van der Waals surface area contributed by atoms with E-state index in [0.717, 1.165) is 0 Å². The Labute approximate surface area is 242 Å². The number of nitro groups is 2. The van der Waals surface area contributed by atoms with Gasteiger partial charge in [-0.2, -0.15) is 9.78 Å². The Morgan fingerprint density at radius 2 is 1.73 bits per heavy atom. The van der Waals surface area contributed by atoms with Crippen LogP contribution in [0.5, 0.6) is 11.5 Å². The summed E-state index contributed by atoms with van der Waals surface area (Å²) in [4.78, 5) is 39.9. The number of nitro benzene ring substituents is 2. The number of aromatic nitrogens is 2. The molecule has 3 aromatic carbocycles. The first-order valence-corrected chi connectivity index (χ1v) is 13.3. The van der Waals surface area contributed by atoms with E-state index < -0.39 is 15.3 Å². The Morgan fingerprint density at radius 3 is 2.34 bits per heavy atom. The van der Waals surface area contributed by atoms with Crippen LogP contribution in [0.15, 0.2) is 69.0 Å². The number of nitrogens with zero attached hydrogens (tertiary/aromatic N) is 5. The Morgan fingerprint density at radius 1 is 1.02 bits per heavy atom. The molecule has 12 nitrogen and oxygen atoms in total. The lowest BCUT2D eigenvalue weighted by Crippen LogP contribution is -2.29. The first kappa shape index (κ1) is 29.3. The van der Waals surface area contributed by atoms with E-state index in [1.54, 1.807) is 25.1 Å². The molecule has 13 heteroatoms. The van der Waals surface area contributed by atoms with Crippen LogP contribution in [0.25, 0.3) is 10.9 Å². The van der Waals surface area contributed by atoms with Crippen molar-refractivity contribution < 1.29 is 19.3 Å². The van der Waals surface area contributed by atoms with Crippen LogP contribution in [0, 0.1) is 20.2 Å². The lowest BCUT2D eigenvalue weighted by atomic mass is 9.95. The Kier molecular flexibility index (Phi) is 8.47. The van der Waals surface area contributed by atoms with Crippen molar-refractivity contribution >= 4 is 44.4 Å². The normalized spacial score (nSPS) is 11.6. The van der Waals surface area contributed by atoms with E-state index in [4.69, 9.17) is 9.47 Å². The van der Waals surface area contributed by atoms with E-state index in [0.29, 0.717) is 32.3 Å². The van der Waals surface area contributed by atoms with Crippen molar-refractivity contribution in [1.29, 1.82) is 0 Å². The zero-order valence-corrected chi connectivity index (χ0v) is 24.2. The second-order valence-corrected chi connectivity index (χ2v) is 10.9. The van der Waals surface area contributed by atoms with Gasteiger partial charge < -0.3 is 9.47 Å². The third-order valence-electron chi connectivity index (χ3n) is 5.89. The van der Waals surface area contributed by atoms with Crippen molar-refractivity contribution in [3.63, 3.8) is 0 Å². The highest BCUT2D eigenvalue weighted by Gasteiger charge is 2.25. The Hall–Kier alpha value is -4.65. The molecule has 0 unspecified atom stereocenters. The molecule has 0 fully saturated rings. The summed E-state index contributed by atoms with van der Waals surface area (Å²) in [5, 5.41) is 27.7. The van der Waals surface area contributed by atoms with Gasteiger partial charge in [-0.1, -0.05) is 36.7 Å². The average molecular weight is 624 g/mol. The van der Waals surface area contributed by atoms with Crippen LogP contribution in [0.2, 0.25) is 0 Å². The van der Waals surface area contributed by atoms with Crippen LogP contribution < -0.4 is 15.0 Å². The minimum absolute atomic E-state index is 0.0821. The summed E-state index contributed by atoms with van der Waals surface area (Å²) < 4.78 is 13.4. The van der Waals surface area contributed by atoms with Crippen molar-refractivity contribution in [3.05, 3.63) is 107 Å². The molecule has 0 atom stereocenters. The van der Waals surface area contributed by atoms with Gasteiger partial charge in [-0.05, 0) is 48.9 Å². The summed E-state index contributed by atoms with van der Waals surface area (Å²) in [6, 6.07) is 13.7. The molecule has 0 saturated carbocycles. The largest absolute Gasteiger partial charge is 0.490 e. The highest BCUT2D eigenvalue weighted by molar-refractivity contribution is 9.10. The molecule has 0 aliphatic carbocycles. The van der Waals surface area contributed by atoms with Gasteiger partial charge >= 0.3 is 5.69 Å². The van der Waals surface area contributed by atoms with E-state index in [2.05, 4.69) is 26.0 Å². The first-order chi connectivity index (χ1) is 19.4. The van der Waals surface area contributed by atoms with E-state index in [1.165, 1.54) is 47.3 Å². The van der Waals surface area contributed by atoms with Crippen LogP contribution >= 0.6 is 15.9 Å². The summed E-state index contributed by atoms with van der Waals surface area (Å²) in [5.74, 6) is 0.419.